The van der Waals surface area contributed by atoms with Crippen molar-refractivity contribution in [2.75, 3.05) is 11.9 Å². The van der Waals surface area contributed by atoms with Gasteiger partial charge in [-0.05, 0) is 30.3 Å². The first-order chi connectivity index (χ1) is 9.69. The Balaban J connectivity index is 2.09. The molecule has 1 aromatic carbocycles. The largest absolute Gasteiger partial charge is 0.481 e. The van der Waals surface area contributed by atoms with E-state index in [0.717, 1.165) is 15.7 Å². The van der Waals surface area contributed by atoms with Gasteiger partial charge in [-0.3, -0.25) is 0 Å². The van der Waals surface area contributed by atoms with E-state index in [-0.39, 0.29) is 6.61 Å². The van der Waals surface area contributed by atoms with Crippen molar-refractivity contribution in [3.8, 4) is 18.1 Å². The molecule has 1 aromatic heterocycles. The Labute approximate surface area is 125 Å². The van der Waals surface area contributed by atoms with E-state index in [9.17, 15) is 4.39 Å². The topological polar surface area (TPSA) is 34.1 Å². The molecule has 1 heterocycles. The Kier molecular flexibility index (Phi) is 4.97. The van der Waals surface area contributed by atoms with E-state index in [1.165, 1.54) is 12.3 Å². The summed E-state index contributed by atoms with van der Waals surface area (Å²) in [6, 6.07) is 8.60. The Bertz CT molecular complexity index is 623. The van der Waals surface area contributed by atoms with Crippen molar-refractivity contribution in [2.24, 2.45) is 0 Å². The van der Waals surface area contributed by atoms with Crippen molar-refractivity contribution in [1.29, 1.82) is 0 Å². The van der Waals surface area contributed by atoms with Crippen LogP contribution in [0.3, 0.4) is 0 Å². The van der Waals surface area contributed by atoms with E-state index in [1.54, 1.807) is 6.07 Å². The lowest BCUT2D eigenvalue weighted by Gasteiger charge is -2.12. The van der Waals surface area contributed by atoms with Gasteiger partial charge in [0.05, 0.1) is 11.9 Å². The number of pyridine rings is 1. The number of anilines is 1. The lowest BCUT2D eigenvalue weighted by Crippen LogP contribution is -2.04. The first kappa shape index (κ1) is 14.4. The van der Waals surface area contributed by atoms with E-state index < -0.39 is 5.95 Å². The van der Waals surface area contributed by atoms with Crippen LogP contribution < -0.4 is 10.1 Å². The van der Waals surface area contributed by atoms with Gasteiger partial charge in [0.2, 0.25) is 5.95 Å². The summed E-state index contributed by atoms with van der Waals surface area (Å²) in [5.74, 6) is 2.64. The zero-order chi connectivity index (χ0) is 14.4. The molecule has 0 saturated carbocycles. The fourth-order valence-electron chi connectivity index (χ4n) is 1.62. The predicted octanol–water partition coefficient (Wildman–Crippen LogP) is 3.61. The summed E-state index contributed by atoms with van der Waals surface area (Å²) in [6.07, 6.45) is 6.63. The number of aromatic nitrogens is 1. The van der Waals surface area contributed by atoms with Crippen molar-refractivity contribution in [3.63, 3.8) is 0 Å². The number of nitrogens with one attached hydrogen (secondary N) is 1. The third-order valence-corrected chi connectivity index (χ3v) is 3.04. The SMILES string of the molecule is C#CCOc1ccc(Br)cc1CNc1ccc(F)nc1. The summed E-state index contributed by atoms with van der Waals surface area (Å²) < 4.78 is 19.1. The predicted molar refractivity (Wildman–Crippen MR) is 80.0 cm³/mol. The summed E-state index contributed by atoms with van der Waals surface area (Å²) in [6.45, 7) is 0.736. The lowest BCUT2D eigenvalue weighted by molar-refractivity contribution is 0.366. The van der Waals surface area contributed by atoms with Gasteiger partial charge in [0.25, 0.3) is 0 Å². The molecule has 0 aliphatic heterocycles. The summed E-state index contributed by atoms with van der Waals surface area (Å²) in [7, 11) is 0. The minimum Gasteiger partial charge on any atom is -0.481 e. The van der Waals surface area contributed by atoms with E-state index in [0.29, 0.717) is 12.3 Å². The monoisotopic (exact) mass is 334 g/mol. The quantitative estimate of drug-likeness (QED) is 0.670. The summed E-state index contributed by atoms with van der Waals surface area (Å²) in [5, 5.41) is 3.15. The molecule has 2 rings (SSSR count). The highest BCUT2D eigenvalue weighted by Crippen LogP contribution is 2.24. The average molecular weight is 335 g/mol. The molecule has 0 radical (unpaired) electrons. The molecule has 3 nitrogen and oxygen atoms in total. The minimum atomic E-state index is -0.504. The highest BCUT2D eigenvalue weighted by atomic mass is 79.9. The number of benzene rings is 1. The molecule has 0 atom stereocenters. The maximum Gasteiger partial charge on any atom is 0.212 e. The normalized spacial score (nSPS) is 9.85. The maximum atomic E-state index is 12.7. The van der Waals surface area contributed by atoms with Crippen LogP contribution in [0.1, 0.15) is 5.56 Å². The molecule has 0 saturated heterocycles. The smallest absolute Gasteiger partial charge is 0.212 e. The van der Waals surface area contributed by atoms with Gasteiger partial charge in [0, 0.05) is 16.6 Å². The number of hydrogen-bond donors (Lipinski definition) is 1. The van der Waals surface area contributed by atoms with Crippen LogP contribution in [0, 0.1) is 18.3 Å². The standard InChI is InChI=1S/C15H12BrFN2O/c1-2-7-20-14-5-3-12(16)8-11(14)9-18-13-4-6-15(17)19-10-13/h1,3-6,8,10,18H,7,9H2. The van der Waals surface area contributed by atoms with E-state index >= 15 is 0 Å². The van der Waals surface area contributed by atoms with Gasteiger partial charge in [-0.25, -0.2) is 4.98 Å². The summed E-state index contributed by atoms with van der Waals surface area (Å²) >= 11 is 3.41. The lowest BCUT2D eigenvalue weighted by atomic mass is 10.2. The molecule has 20 heavy (non-hydrogen) atoms. The Morgan fingerprint density at radius 1 is 1.35 bits per heavy atom. The van der Waals surface area contributed by atoms with E-state index in [1.807, 2.05) is 18.2 Å². The molecule has 102 valence electrons. The second-order valence-corrected chi connectivity index (χ2v) is 4.88. The molecule has 1 N–H and O–H groups in total. The van der Waals surface area contributed by atoms with Crippen molar-refractivity contribution < 1.29 is 9.13 Å². The minimum absolute atomic E-state index is 0.215. The van der Waals surface area contributed by atoms with Crippen LogP contribution in [0.15, 0.2) is 41.0 Å². The van der Waals surface area contributed by atoms with Crippen LogP contribution in [0.4, 0.5) is 10.1 Å². The molecule has 0 aliphatic carbocycles. The van der Waals surface area contributed by atoms with Gasteiger partial charge < -0.3 is 10.1 Å². The maximum absolute atomic E-state index is 12.7. The number of hydrogen-bond acceptors (Lipinski definition) is 3. The highest BCUT2D eigenvalue weighted by Gasteiger charge is 2.05. The third kappa shape index (κ3) is 3.97. The molecule has 0 spiro atoms. The molecule has 5 heteroatoms. The van der Waals surface area contributed by atoms with Crippen LogP contribution in [0.25, 0.3) is 0 Å². The van der Waals surface area contributed by atoms with Crippen molar-refractivity contribution in [3.05, 3.63) is 52.5 Å². The van der Waals surface area contributed by atoms with Gasteiger partial charge in [0.1, 0.15) is 12.4 Å². The van der Waals surface area contributed by atoms with Crippen LogP contribution in [-0.4, -0.2) is 11.6 Å². The van der Waals surface area contributed by atoms with Gasteiger partial charge in [0.15, 0.2) is 0 Å². The number of ether oxygens (including phenoxy) is 1. The summed E-state index contributed by atoms with van der Waals surface area (Å²) in [4.78, 5) is 3.58. The average Bonchev–Trinajstić information content (AvgIpc) is 2.46. The molecular weight excluding hydrogens is 323 g/mol. The first-order valence-corrected chi connectivity index (χ1v) is 6.68. The van der Waals surface area contributed by atoms with E-state index in [4.69, 9.17) is 11.2 Å². The van der Waals surface area contributed by atoms with Gasteiger partial charge in [-0.1, -0.05) is 21.9 Å². The van der Waals surface area contributed by atoms with Crippen LogP contribution >= 0.6 is 15.9 Å². The van der Waals surface area contributed by atoms with Crippen LogP contribution in [0.2, 0.25) is 0 Å². The van der Waals surface area contributed by atoms with E-state index in [2.05, 4.69) is 32.2 Å². The molecule has 0 fully saturated rings. The second-order valence-electron chi connectivity index (χ2n) is 3.97. The number of terminal acetylenes is 1. The molecule has 0 bridgehead atoms. The highest BCUT2D eigenvalue weighted by molar-refractivity contribution is 9.10. The number of halogens is 2. The van der Waals surface area contributed by atoms with Crippen molar-refractivity contribution >= 4 is 21.6 Å². The Morgan fingerprint density at radius 2 is 2.20 bits per heavy atom. The Morgan fingerprint density at radius 3 is 2.90 bits per heavy atom. The molecule has 0 amide bonds. The van der Waals surface area contributed by atoms with Crippen LogP contribution in [0.5, 0.6) is 5.75 Å². The first-order valence-electron chi connectivity index (χ1n) is 5.89. The van der Waals surface area contributed by atoms with Gasteiger partial charge >= 0.3 is 0 Å². The molecule has 0 unspecified atom stereocenters. The van der Waals surface area contributed by atoms with Crippen molar-refractivity contribution in [2.45, 2.75) is 6.54 Å². The number of rotatable bonds is 5. The molecular formula is C15H12BrFN2O. The zero-order valence-electron chi connectivity index (χ0n) is 10.6. The van der Waals surface area contributed by atoms with Crippen LogP contribution in [-0.2, 0) is 6.54 Å². The van der Waals surface area contributed by atoms with Crippen molar-refractivity contribution in [1.82, 2.24) is 4.98 Å². The second kappa shape index (κ2) is 6.92. The summed E-state index contributed by atoms with van der Waals surface area (Å²) in [5.41, 5.74) is 1.67. The Hall–Kier alpha value is -2.06. The van der Waals surface area contributed by atoms with Gasteiger partial charge in [-0.15, -0.1) is 6.42 Å². The fraction of sp³-hybridized carbons (Fsp3) is 0.133. The molecule has 0 aliphatic rings. The number of nitrogens with zero attached hydrogens (tertiary/aromatic N) is 1. The van der Waals surface area contributed by atoms with Gasteiger partial charge in [-0.2, -0.15) is 4.39 Å². The molecule has 2 aromatic rings. The third-order valence-electron chi connectivity index (χ3n) is 2.54. The fourth-order valence-corrected chi connectivity index (χ4v) is 2.03. The zero-order valence-corrected chi connectivity index (χ0v) is 12.2.